The molecule has 2 aromatic carbocycles. The molecule has 3 heterocycles. The molecule has 6 nitrogen and oxygen atoms in total. The van der Waals surface area contributed by atoms with E-state index in [2.05, 4.69) is 15.8 Å². The fourth-order valence-electron chi connectivity index (χ4n) is 3.67. The average molecular weight is 484 g/mol. The van der Waals surface area contributed by atoms with Gasteiger partial charge in [-0.1, -0.05) is 36.4 Å². The Labute approximate surface area is 218 Å². The standard InChI is InChI=1S/C24H18N3O3S2.Na/c1-27-15-18-13-17(8-9-20(18)24(27)28)22-11-10-21(31-22)16-5-4-6-19(14-16)26-32(29,30)23-7-2-3-12-25-23;/h2-14H,15H2,1H3;/q-1;+1. The SMILES string of the molecule is CN1Cc2cc(-c3ccc(-c4cccc([N-]S(=O)(=O)c5ccccn5)c4)s3)ccc2C1=O.[Na+]. The molecule has 0 aliphatic carbocycles. The third-order valence-corrected chi connectivity index (χ3v) is 7.64. The van der Waals surface area contributed by atoms with Crippen molar-refractivity contribution in [3.05, 3.63) is 94.8 Å². The summed E-state index contributed by atoms with van der Waals surface area (Å²) in [6, 6.07) is 21.8. The molecule has 160 valence electrons. The molecule has 1 aliphatic heterocycles. The van der Waals surface area contributed by atoms with E-state index in [1.54, 1.807) is 53.6 Å². The molecule has 0 N–H and O–H groups in total. The van der Waals surface area contributed by atoms with Crippen LogP contribution in [0, 0.1) is 0 Å². The van der Waals surface area contributed by atoms with E-state index in [0.29, 0.717) is 12.2 Å². The van der Waals surface area contributed by atoms with E-state index in [-0.39, 0.29) is 40.5 Å². The van der Waals surface area contributed by atoms with Gasteiger partial charge < -0.3 is 9.62 Å². The first kappa shape index (κ1) is 23.7. The normalized spacial score (nSPS) is 12.9. The van der Waals surface area contributed by atoms with E-state index >= 15 is 0 Å². The minimum absolute atomic E-state index is 0. The van der Waals surface area contributed by atoms with Crippen LogP contribution in [0.15, 0.2) is 84.0 Å². The number of fused-ring (bicyclic) bond motifs is 1. The third-order valence-electron chi connectivity index (χ3n) is 5.24. The van der Waals surface area contributed by atoms with Gasteiger partial charge in [0.1, 0.15) is 15.0 Å². The van der Waals surface area contributed by atoms with Gasteiger partial charge in [0.25, 0.3) is 5.91 Å². The molecule has 0 atom stereocenters. The summed E-state index contributed by atoms with van der Waals surface area (Å²) < 4.78 is 29.0. The summed E-state index contributed by atoms with van der Waals surface area (Å²) >= 11 is 1.61. The number of carbonyl (C=O) groups excluding carboxylic acids is 1. The summed E-state index contributed by atoms with van der Waals surface area (Å²) in [5, 5.41) is -0.0791. The van der Waals surface area contributed by atoms with Gasteiger partial charge in [0, 0.05) is 35.1 Å². The molecular formula is C24H18N3NaO3S2. The van der Waals surface area contributed by atoms with Crippen molar-refractivity contribution in [3.8, 4) is 20.9 Å². The van der Waals surface area contributed by atoms with Crippen molar-refractivity contribution < 1.29 is 42.8 Å². The Hall–Kier alpha value is -2.49. The molecule has 1 amide bonds. The van der Waals surface area contributed by atoms with E-state index in [1.165, 1.54) is 12.3 Å². The summed E-state index contributed by atoms with van der Waals surface area (Å²) in [5.41, 5.74) is 4.08. The molecule has 4 aromatic rings. The van der Waals surface area contributed by atoms with Gasteiger partial charge in [-0.2, -0.15) is 0 Å². The van der Waals surface area contributed by atoms with E-state index in [4.69, 9.17) is 0 Å². The van der Waals surface area contributed by atoms with Crippen molar-refractivity contribution in [2.45, 2.75) is 11.6 Å². The van der Waals surface area contributed by atoms with Crippen molar-refractivity contribution in [1.82, 2.24) is 9.88 Å². The molecule has 5 rings (SSSR count). The van der Waals surface area contributed by atoms with Gasteiger partial charge in [0.2, 0.25) is 0 Å². The number of amides is 1. The van der Waals surface area contributed by atoms with Crippen LogP contribution in [0.3, 0.4) is 0 Å². The summed E-state index contributed by atoms with van der Waals surface area (Å²) in [5.74, 6) is 0.0552. The molecule has 0 saturated carbocycles. The minimum Gasteiger partial charge on any atom is -0.571 e. The molecular weight excluding hydrogens is 465 g/mol. The van der Waals surface area contributed by atoms with Crippen LogP contribution in [0.4, 0.5) is 5.69 Å². The summed E-state index contributed by atoms with van der Waals surface area (Å²) in [7, 11) is -2.08. The fraction of sp³-hybridized carbons (Fsp3) is 0.0833. The monoisotopic (exact) mass is 483 g/mol. The van der Waals surface area contributed by atoms with Gasteiger partial charge in [0.05, 0.1) is 0 Å². The maximum absolute atomic E-state index is 12.5. The van der Waals surface area contributed by atoms with Crippen LogP contribution in [0.5, 0.6) is 0 Å². The molecule has 1 aliphatic rings. The first-order valence-corrected chi connectivity index (χ1v) is 12.1. The van der Waals surface area contributed by atoms with E-state index in [1.807, 2.05) is 30.3 Å². The quantitative estimate of drug-likeness (QED) is 0.409. The van der Waals surface area contributed by atoms with E-state index in [0.717, 1.165) is 32.0 Å². The van der Waals surface area contributed by atoms with Crippen molar-refractivity contribution >= 4 is 33.0 Å². The Morgan fingerprint density at radius 1 is 0.939 bits per heavy atom. The molecule has 33 heavy (non-hydrogen) atoms. The molecule has 9 heteroatoms. The Kier molecular flexibility index (Phi) is 6.74. The minimum atomic E-state index is -3.88. The van der Waals surface area contributed by atoms with Gasteiger partial charge >= 0.3 is 29.6 Å². The Balaban J connectivity index is 0.00000259. The number of nitrogens with zero attached hydrogens (tertiary/aromatic N) is 3. The second-order valence-electron chi connectivity index (χ2n) is 7.48. The number of rotatable bonds is 5. The molecule has 0 bridgehead atoms. The van der Waals surface area contributed by atoms with Gasteiger partial charge in [-0.3, -0.25) is 4.79 Å². The molecule has 0 saturated heterocycles. The van der Waals surface area contributed by atoms with Crippen molar-refractivity contribution in [1.29, 1.82) is 0 Å². The molecule has 0 spiro atoms. The Morgan fingerprint density at radius 2 is 1.70 bits per heavy atom. The zero-order valence-electron chi connectivity index (χ0n) is 18.1. The number of sulfonamides is 1. The molecule has 0 radical (unpaired) electrons. The van der Waals surface area contributed by atoms with Crippen LogP contribution < -0.4 is 29.6 Å². The van der Waals surface area contributed by atoms with Gasteiger partial charge in [-0.15, -0.1) is 17.0 Å². The summed E-state index contributed by atoms with van der Waals surface area (Å²) in [6.07, 6.45) is 1.43. The molecule has 2 aromatic heterocycles. The van der Waals surface area contributed by atoms with Gasteiger partial charge in [0.15, 0.2) is 0 Å². The maximum Gasteiger partial charge on any atom is 1.00 e. The smallest absolute Gasteiger partial charge is 0.571 e. The van der Waals surface area contributed by atoms with Crippen molar-refractivity contribution in [2.75, 3.05) is 7.05 Å². The van der Waals surface area contributed by atoms with Crippen LogP contribution in [0.2, 0.25) is 0 Å². The summed E-state index contributed by atoms with van der Waals surface area (Å²) in [4.78, 5) is 19.8. The topological polar surface area (TPSA) is 81.4 Å². The van der Waals surface area contributed by atoms with Crippen molar-refractivity contribution in [2.24, 2.45) is 0 Å². The van der Waals surface area contributed by atoms with Crippen LogP contribution in [0.25, 0.3) is 25.6 Å². The van der Waals surface area contributed by atoms with E-state index < -0.39 is 10.0 Å². The van der Waals surface area contributed by atoms with Crippen LogP contribution in [-0.2, 0) is 16.6 Å². The predicted octanol–water partition coefficient (Wildman–Crippen LogP) is 2.46. The maximum atomic E-state index is 12.5. The van der Waals surface area contributed by atoms with Crippen molar-refractivity contribution in [3.63, 3.8) is 0 Å². The second kappa shape index (κ2) is 9.40. The number of aromatic nitrogens is 1. The number of benzene rings is 2. The molecule has 0 fully saturated rings. The first-order valence-electron chi connectivity index (χ1n) is 9.89. The van der Waals surface area contributed by atoms with Gasteiger partial charge in [-0.25, -0.2) is 13.4 Å². The largest absolute Gasteiger partial charge is 1.00 e. The fourth-order valence-corrected chi connectivity index (χ4v) is 5.60. The van der Waals surface area contributed by atoms with Crippen LogP contribution in [-0.4, -0.2) is 31.3 Å². The number of carbonyl (C=O) groups is 1. The number of thiophene rings is 1. The Morgan fingerprint density at radius 3 is 2.42 bits per heavy atom. The predicted molar refractivity (Wildman–Crippen MR) is 125 cm³/mol. The second-order valence-corrected chi connectivity index (χ2v) is 10.1. The molecule has 0 unspecified atom stereocenters. The summed E-state index contributed by atoms with van der Waals surface area (Å²) in [6.45, 7) is 0.620. The van der Waals surface area contributed by atoms with Crippen LogP contribution >= 0.6 is 11.3 Å². The van der Waals surface area contributed by atoms with E-state index in [9.17, 15) is 13.2 Å². The average Bonchev–Trinajstić information content (AvgIpc) is 3.39. The zero-order valence-corrected chi connectivity index (χ0v) is 21.7. The number of hydrogen-bond acceptors (Lipinski definition) is 5. The first-order chi connectivity index (χ1) is 15.4. The third kappa shape index (κ3) is 4.76. The number of hydrogen-bond donors (Lipinski definition) is 0. The zero-order chi connectivity index (χ0) is 22.3. The van der Waals surface area contributed by atoms with Crippen LogP contribution in [0.1, 0.15) is 15.9 Å². The Bertz CT molecular complexity index is 1440. The van der Waals surface area contributed by atoms with Gasteiger partial charge in [-0.05, 0) is 53.1 Å². The number of pyridine rings is 1.